The third-order valence-corrected chi connectivity index (χ3v) is 6.82. The summed E-state index contributed by atoms with van der Waals surface area (Å²) >= 11 is 1.86. The highest BCUT2D eigenvalue weighted by molar-refractivity contribution is 7.19. The number of anilines is 1. The summed E-state index contributed by atoms with van der Waals surface area (Å²) in [7, 11) is 1.94. The minimum Gasteiger partial charge on any atom is -0.367 e. The predicted molar refractivity (Wildman–Crippen MR) is 103 cm³/mol. The molecule has 6 nitrogen and oxygen atoms in total. The molecule has 2 aliphatic rings. The van der Waals surface area contributed by atoms with E-state index in [1.165, 1.54) is 35.1 Å². The third-order valence-electron chi connectivity index (χ3n) is 5.62. The lowest BCUT2D eigenvalue weighted by Gasteiger charge is -2.40. The molecular weight excluding hydrogens is 346 g/mol. The molecule has 1 aliphatic heterocycles. The van der Waals surface area contributed by atoms with E-state index in [9.17, 15) is 0 Å². The molecule has 1 fully saturated rings. The first-order chi connectivity index (χ1) is 12.6. The van der Waals surface area contributed by atoms with Crippen LogP contribution in [0.25, 0.3) is 10.2 Å². The lowest BCUT2D eigenvalue weighted by Crippen LogP contribution is -2.48. The minimum atomic E-state index is -0.375. The van der Waals surface area contributed by atoms with Crippen molar-refractivity contribution < 1.29 is 4.74 Å². The second-order valence-corrected chi connectivity index (χ2v) is 8.58. The van der Waals surface area contributed by atoms with E-state index in [1.54, 1.807) is 6.33 Å². The van der Waals surface area contributed by atoms with Crippen LogP contribution in [0.1, 0.15) is 35.8 Å². The number of aryl methyl sites for hydroxylation is 3. The topological polar surface area (TPSA) is 56.1 Å². The first-order valence-electron chi connectivity index (χ1n) is 9.27. The molecule has 3 aromatic heterocycles. The molecule has 1 atom stereocenters. The number of thiophene rings is 1. The molecule has 4 heterocycles. The number of hydrogen-bond donors (Lipinski definition) is 0. The number of morpholine rings is 1. The molecule has 0 saturated carbocycles. The van der Waals surface area contributed by atoms with E-state index in [0.29, 0.717) is 6.61 Å². The Balaban J connectivity index is 1.56. The molecule has 0 N–H and O–H groups in total. The fourth-order valence-corrected chi connectivity index (χ4v) is 5.46. The van der Waals surface area contributed by atoms with Gasteiger partial charge in [-0.2, -0.15) is 5.10 Å². The lowest BCUT2D eigenvalue weighted by molar-refractivity contribution is -0.0467. The second-order valence-electron chi connectivity index (χ2n) is 7.49. The fourth-order valence-electron chi connectivity index (χ4n) is 4.23. The van der Waals surface area contributed by atoms with Crippen LogP contribution >= 0.6 is 11.3 Å². The fraction of sp³-hybridized carbons (Fsp3) is 0.526. The highest BCUT2D eigenvalue weighted by Crippen LogP contribution is 2.40. The Bertz CT molecular complexity index is 964. The van der Waals surface area contributed by atoms with Crippen molar-refractivity contribution in [3.63, 3.8) is 0 Å². The molecule has 0 amide bonds. The number of ether oxygens (including phenoxy) is 1. The number of hydrogen-bond acceptors (Lipinski definition) is 6. The largest absolute Gasteiger partial charge is 0.367 e. The van der Waals surface area contributed by atoms with Crippen molar-refractivity contribution in [2.45, 2.75) is 38.2 Å². The van der Waals surface area contributed by atoms with E-state index < -0.39 is 0 Å². The van der Waals surface area contributed by atoms with Crippen molar-refractivity contribution in [1.82, 2.24) is 19.7 Å². The first kappa shape index (κ1) is 16.2. The maximum atomic E-state index is 6.19. The molecular formula is C19H23N5OS. The van der Waals surface area contributed by atoms with Crippen LogP contribution < -0.4 is 4.90 Å². The van der Waals surface area contributed by atoms with Crippen LogP contribution in [0.2, 0.25) is 0 Å². The van der Waals surface area contributed by atoms with Crippen molar-refractivity contribution in [3.05, 3.63) is 34.7 Å². The van der Waals surface area contributed by atoms with Crippen LogP contribution in [0.3, 0.4) is 0 Å². The van der Waals surface area contributed by atoms with E-state index in [4.69, 9.17) is 9.72 Å². The SMILES string of the molecule is Cn1cc(C2(C)CN(c3ncnc4sc5c(c34)CCCC5)CCO2)cn1. The normalized spacial score (nSPS) is 23.4. The van der Waals surface area contributed by atoms with Crippen molar-refractivity contribution in [2.24, 2.45) is 7.05 Å². The molecule has 0 bridgehead atoms. The van der Waals surface area contributed by atoms with Gasteiger partial charge in [0.05, 0.1) is 24.7 Å². The molecule has 1 unspecified atom stereocenters. The number of fused-ring (bicyclic) bond motifs is 3. The van der Waals surface area contributed by atoms with Gasteiger partial charge in [-0.3, -0.25) is 4.68 Å². The van der Waals surface area contributed by atoms with E-state index in [1.807, 2.05) is 35.5 Å². The quantitative estimate of drug-likeness (QED) is 0.695. The first-order valence-corrected chi connectivity index (χ1v) is 10.1. The number of rotatable bonds is 2. The molecule has 0 radical (unpaired) electrons. The standard InChI is InChI=1S/C19H23N5OS/c1-19(13-9-22-23(2)10-13)11-24(7-8-25-19)17-16-14-5-3-4-6-15(14)26-18(16)21-12-20-17/h9-10,12H,3-8,11H2,1-2H3. The summed E-state index contributed by atoms with van der Waals surface area (Å²) in [6.07, 6.45) is 10.6. The van der Waals surface area contributed by atoms with Crippen molar-refractivity contribution in [1.29, 1.82) is 0 Å². The predicted octanol–water partition coefficient (Wildman–Crippen LogP) is 3.06. The molecule has 1 aliphatic carbocycles. The van der Waals surface area contributed by atoms with Crippen LogP contribution in [-0.2, 0) is 30.2 Å². The molecule has 0 spiro atoms. The maximum Gasteiger partial charge on any atom is 0.141 e. The molecule has 5 rings (SSSR count). The van der Waals surface area contributed by atoms with Crippen molar-refractivity contribution in [2.75, 3.05) is 24.6 Å². The average Bonchev–Trinajstić information content (AvgIpc) is 3.25. The van der Waals surface area contributed by atoms with Gasteiger partial charge in [0.1, 0.15) is 22.6 Å². The number of nitrogens with zero attached hydrogens (tertiary/aromatic N) is 5. The van der Waals surface area contributed by atoms with Crippen LogP contribution in [-0.4, -0.2) is 39.4 Å². The smallest absolute Gasteiger partial charge is 0.141 e. The van der Waals surface area contributed by atoms with E-state index in [-0.39, 0.29) is 5.60 Å². The van der Waals surface area contributed by atoms with Crippen molar-refractivity contribution in [3.8, 4) is 0 Å². The number of aromatic nitrogens is 4. The molecule has 7 heteroatoms. The Morgan fingerprint density at radius 2 is 2.12 bits per heavy atom. The summed E-state index contributed by atoms with van der Waals surface area (Å²) in [6.45, 7) is 4.46. The molecule has 26 heavy (non-hydrogen) atoms. The summed E-state index contributed by atoms with van der Waals surface area (Å²) in [5, 5.41) is 5.61. The zero-order valence-corrected chi connectivity index (χ0v) is 16.1. The van der Waals surface area contributed by atoms with Gasteiger partial charge in [-0.25, -0.2) is 9.97 Å². The van der Waals surface area contributed by atoms with Gasteiger partial charge >= 0.3 is 0 Å². The van der Waals surface area contributed by atoms with Gasteiger partial charge in [0.25, 0.3) is 0 Å². The maximum absolute atomic E-state index is 6.19. The van der Waals surface area contributed by atoms with Crippen LogP contribution in [0.4, 0.5) is 5.82 Å². The summed E-state index contributed by atoms with van der Waals surface area (Å²) in [6, 6.07) is 0. The van der Waals surface area contributed by atoms with E-state index in [2.05, 4.69) is 21.9 Å². The molecule has 136 valence electrons. The molecule has 0 aromatic carbocycles. The average molecular weight is 369 g/mol. The zero-order valence-electron chi connectivity index (χ0n) is 15.2. The second kappa shape index (κ2) is 6.03. The third kappa shape index (κ3) is 2.53. The van der Waals surface area contributed by atoms with Gasteiger partial charge in [0.2, 0.25) is 0 Å². The monoisotopic (exact) mass is 369 g/mol. The summed E-state index contributed by atoms with van der Waals surface area (Å²) in [4.78, 5) is 14.3. The van der Waals surface area contributed by atoms with Gasteiger partial charge in [-0.15, -0.1) is 11.3 Å². The Morgan fingerprint density at radius 3 is 2.96 bits per heavy atom. The lowest BCUT2D eigenvalue weighted by atomic mass is 9.95. The summed E-state index contributed by atoms with van der Waals surface area (Å²) < 4.78 is 8.02. The van der Waals surface area contributed by atoms with Gasteiger partial charge < -0.3 is 9.64 Å². The molecule has 3 aromatic rings. The minimum absolute atomic E-state index is 0.375. The highest BCUT2D eigenvalue weighted by atomic mass is 32.1. The van der Waals surface area contributed by atoms with Gasteiger partial charge in [-0.1, -0.05) is 0 Å². The van der Waals surface area contributed by atoms with Crippen molar-refractivity contribution >= 4 is 27.4 Å². The van der Waals surface area contributed by atoms with Crippen LogP contribution in [0.15, 0.2) is 18.7 Å². The summed E-state index contributed by atoms with van der Waals surface area (Å²) in [5.74, 6) is 1.08. The molecule has 1 saturated heterocycles. The summed E-state index contributed by atoms with van der Waals surface area (Å²) in [5.41, 5.74) is 2.23. The zero-order chi connectivity index (χ0) is 17.7. The Hall–Kier alpha value is -1.99. The van der Waals surface area contributed by atoms with E-state index in [0.717, 1.165) is 35.7 Å². The Labute approximate surface area is 156 Å². The van der Waals surface area contributed by atoms with Crippen LogP contribution in [0.5, 0.6) is 0 Å². The Kier molecular flexibility index (Phi) is 3.76. The highest BCUT2D eigenvalue weighted by Gasteiger charge is 2.36. The van der Waals surface area contributed by atoms with E-state index >= 15 is 0 Å². The van der Waals surface area contributed by atoms with Crippen LogP contribution in [0, 0.1) is 0 Å². The van der Waals surface area contributed by atoms with Gasteiger partial charge in [0, 0.05) is 30.2 Å². The Morgan fingerprint density at radius 1 is 1.23 bits per heavy atom. The van der Waals surface area contributed by atoms with Gasteiger partial charge in [0.15, 0.2) is 0 Å². The van der Waals surface area contributed by atoms with Gasteiger partial charge in [-0.05, 0) is 38.2 Å².